The molecule has 0 bridgehead atoms. The van der Waals surface area contributed by atoms with Crippen molar-refractivity contribution in [3.05, 3.63) is 77.5 Å². The van der Waals surface area contributed by atoms with E-state index >= 15 is 0 Å². The Hall–Kier alpha value is -2.94. The molecule has 3 nitrogen and oxygen atoms in total. The lowest BCUT2D eigenvalue weighted by Crippen LogP contribution is -1.97. The molecule has 4 aromatic rings. The van der Waals surface area contributed by atoms with E-state index in [0.29, 0.717) is 5.82 Å². The minimum Gasteiger partial charge on any atom is -0.382 e. The molecule has 4 rings (SSSR count). The number of nitrogen functional groups attached to an aromatic ring is 1. The third kappa shape index (κ3) is 3.38. The normalized spacial score (nSPS) is 11.3. The van der Waals surface area contributed by atoms with Crippen LogP contribution in [0.2, 0.25) is 0 Å². The van der Waals surface area contributed by atoms with Crippen LogP contribution in [0.15, 0.2) is 60.8 Å². The molecule has 0 aliphatic carbocycles. The third-order valence-corrected chi connectivity index (χ3v) is 4.89. The Balaban J connectivity index is 1.55. The number of hydrogen-bond acceptors (Lipinski definition) is 3. The second-order valence-corrected chi connectivity index (χ2v) is 6.95. The van der Waals surface area contributed by atoms with Gasteiger partial charge in [0.2, 0.25) is 0 Å². The van der Waals surface area contributed by atoms with Crippen LogP contribution in [-0.2, 0) is 12.8 Å². The fraction of sp³-hybridized carbons (Fsp3) is 0.217. The molecule has 2 N–H and O–H groups in total. The van der Waals surface area contributed by atoms with Crippen molar-refractivity contribution in [1.29, 1.82) is 0 Å². The molecular weight excluding hydrogens is 318 g/mol. The van der Waals surface area contributed by atoms with Crippen molar-refractivity contribution in [3.8, 4) is 0 Å². The summed E-state index contributed by atoms with van der Waals surface area (Å²) in [6, 6.07) is 19.2. The fourth-order valence-corrected chi connectivity index (χ4v) is 3.50. The molecule has 2 heterocycles. The van der Waals surface area contributed by atoms with E-state index in [1.165, 1.54) is 23.1 Å². The molecule has 0 spiro atoms. The van der Waals surface area contributed by atoms with Gasteiger partial charge in [-0.1, -0.05) is 42.5 Å². The van der Waals surface area contributed by atoms with E-state index in [9.17, 15) is 0 Å². The summed E-state index contributed by atoms with van der Waals surface area (Å²) in [5, 5.41) is 2.23. The average Bonchev–Trinajstić information content (AvgIpc) is 2.66. The van der Waals surface area contributed by atoms with Crippen LogP contribution < -0.4 is 5.73 Å². The number of anilines is 1. The molecule has 0 atom stereocenters. The van der Waals surface area contributed by atoms with Crippen LogP contribution in [0.1, 0.15) is 29.5 Å². The lowest BCUT2D eigenvalue weighted by molar-refractivity contribution is 0.733. The number of fused-ring (bicyclic) bond motifs is 3. The highest BCUT2D eigenvalue weighted by atomic mass is 14.9. The Bertz CT molecular complexity index is 1060. The summed E-state index contributed by atoms with van der Waals surface area (Å²) >= 11 is 0. The zero-order chi connectivity index (χ0) is 17.9. The number of hydrogen-bond donors (Lipinski definition) is 1. The molecule has 0 aliphatic heterocycles. The monoisotopic (exact) mass is 341 g/mol. The maximum absolute atomic E-state index is 6.13. The fourth-order valence-electron chi connectivity index (χ4n) is 3.50. The SMILES string of the molecule is Cc1ccc2c(c1)nc(N)c1ncc(CCCCc3ccccc3)cc12. The molecule has 2 aromatic carbocycles. The van der Waals surface area contributed by atoms with Crippen molar-refractivity contribution in [2.24, 2.45) is 0 Å². The number of aromatic nitrogens is 2. The summed E-state index contributed by atoms with van der Waals surface area (Å²) in [6.07, 6.45) is 6.44. The summed E-state index contributed by atoms with van der Waals surface area (Å²) in [7, 11) is 0. The number of pyridine rings is 2. The molecule has 0 amide bonds. The topological polar surface area (TPSA) is 51.8 Å². The number of benzene rings is 2. The molecule has 0 saturated carbocycles. The van der Waals surface area contributed by atoms with Crippen molar-refractivity contribution < 1.29 is 0 Å². The molecule has 0 fully saturated rings. The van der Waals surface area contributed by atoms with Crippen LogP contribution in [0.4, 0.5) is 5.82 Å². The van der Waals surface area contributed by atoms with Crippen molar-refractivity contribution in [2.45, 2.75) is 32.6 Å². The Morgan fingerprint density at radius 1 is 0.846 bits per heavy atom. The van der Waals surface area contributed by atoms with Crippen LogP contribution in [0, 0.1) is 6.92 Å². The summed E-state index contributed by atoms with van der Waals surface area (Å²) in [5.41, 5.74) is 11.7. The van der Waals surface area contributed by atoms with Gasteiger partial charge in [-0.3, -0.25) is 4.98 Å². The van der Waals surface area contributed by atoms with E-state index in [4.69, 9.17) is 5.73 Å². The van der Waals surface area contributed by atoms with Gasteiger partial charge in [0.1, 0.15) is 5.52 Å². The summed E-state index contributed by atoms with van der Waals surface area (Å²) in [5.74, 6) is 0.508. The van der Waals surface area contributed by atoms with Gasteiger partial charge in [0, 0.05) is 17.0 Å². The molecule has 0 aliphatic rings. The first-order valence-corrected chi connectivity index (χ1v) is 9.19. The van der Waals surface area contributed by atoms with Gasteiger partial charge in [0.05, 0.1) is 5.52 Å². The van der Waals surface area contributed by atoms with Gasteiger partial charge in [-0.15, -0.1) is 0 Å². The van der Waals surface area contributed by atoms with Crippen LogP contribution in [0.3, 0.4) is 0 Å². The van der Waals surface area contributed by atoms with Gasteiger partial charge >= 0.3 is 0 Å². The first kappa shape index (κ1) is 16.5. The van der Waals surface area contributed by atoms with Crippen molar-refractivity contribution in [3.63, 3.8) is 0 Å². The summed E-state index contributed by atoms with van der Waals surface area (Å²) in [4.78, 5) is 9.12. The quantitative estimate of drug-likeness (QED) is 0.399. The molecule has 0 unspecified atom stereocenters. The zero-order valence-electron chi connectivity index (χ0n) is 15.1. The van der Waals surface area contributed by atoms with Crippen molar-refractivity contribution in [1.82, 2.24) is 9.97 Å². The van der Waals surface area contributed by atoms with Crippen LogP contribution in [0.25, 0.3) is 21.8 Å². The van der Waals surface area contributed by atoms with E-state index in [-0.39, 0.29) is 0 Å². The molecule has 0 radical (unpaired) electrons. The molecule has 0 saturated heterocycles. The maximum atomic E-state index is 6.13. The summed E-state index contributed by atoms with van der Waals surface area (Å²) < 4.78 is 0. The van der Waals surface area contributed by atoms with E-state index < -0.39 is 0 Å². The van der Waals surface area contributed by atoms with Crippen molar-refractivity contribution >= 4 is 27.6 Å². The smallest absolute Gasteiger partial charge is 0.150 e. The second kappa shape index (κ2) is 7.12. The highest BCUT2D eigenvalue weighted by molar-refractivity contribution is 6.08. The zero-order valence-corrected chi connectivity index (χ0v) is 15.1. The van der Waals surface area contributed by atoms with Gasteiger partial charge < -0.3 is 5.73 Å². The Kier molecular flexibility index (Phi) is 4.53. The van der Waals surface area contributed by atoms with E-state index in [1.807, 2.05) is 6.20 Å². The molecule has 3 heteroatoms. The number of nitrogens with two attached hydrogens (primary N) is 1. The lowest BCUT2D eigenvalue weighted by atomic mass is 10.0. The first-order valence-electron chi connectivity index (χ1n) is 9.19. The molecule has 130 valence electrons. The minimum atomic E-state index is 0.508. The highest BCUT2D eigenvalue weighted by Gasteiger charge is 2.09. The first-order chi connectivity index (χ1) is 12.7. The number of nitrogens with zero attached hydrogens (tertiary/aromatic N) is 2. The number of rotatable bonds is 5. The Morgan fingerprint density at radius 2 is 1.62 bits per heavy atom. The third-order valence-electron chi connectivity index (χ3n) is 4.89. The van der Waals surface area contributed by atoms with Crippen LogP contribution in [-0.4, -0.2) is 9.97 Å². The van der Waals surface area contributed by atoms with Gasteiger partial charge in [-0.25, -0.2) is 4.98 Å². The van der Waals surface area contributed by atoms with Gasteiger partial charge in [0.25, 0.3) is 0 Å². The van der Waals surface area contributed by atoms with Gasteiger partial charge in [-0.2, -0.15) is 0 Å². The Labute approximate surface area is 153 Å². The molecular formula is C23H23N3. The molecule has 2 aromatic heterocycles. The predicted molar refractivity (Wildman–Crippen MR) is 109 cm³/mol. The standard InChI is InChI=1S/C23H23N3/c1-16-11-12-19-20-14-18(10-6-5-9-17-7-3-2-4-8-17)15-25-22(20)23(24)26-21(19)13-16/h2-4,7-8,11-15H,5-6,9-10H2,1H3,(H2,24,26). The Morgan fingerprint density at radius 3 is 2.42 bits per heavy atom. The van der Waals surface area contributed by atoms with Crippen LogP contribution in [0.5, 0.6) is 0 Å². The summed E-state index contributed by atoms with van der Waals surface area (Å²) in [6.45, 7) is 2.07. The van der Waals surface area contributed by atoms with Crippen molar-refractivity contribution in [2.75, 3.05) is 5.73 Å². The van der Waals surface area contributed by atoms with Gasteiger partial charge in [-0.05, 0) is 61.4 Å². The van der Waals surface area contributed by atoms with E-state index in [0.717, 1.165) is 41.1 Å². The average molecular weight is 341 g/mol. The largest absolute Gasteiger partial charge is 0.382 e. The predicted octanol–water partition coefficient (Wildman–Crippen LogP) is 5.24. The number of aryl methyl sites for hydroxylation is 3. The van der Waals surface area contributed by atoms with Crippen LogP contribution >= 0.6 is 0 Å². The minimum absolute atomic E-state index is 0.508. The lowest BCUT2D eigenvalue weighted by Gasteiger charge is -2.09. The molecule has 26 heavy (non-hydrogen) atoms. The number of unbranched alkanes of at least 4 members (excludes halogenated alkanes) is 1. The van der Waals surface area contributed by atoms with E-state index in [1.54, 1.807) is 0 Å². The highest BCUT2D eigenvalue weighted by Crippen LogP contribution is 2.28. The van der Waals surface area contributed by atoms with E-state index in [2.05, 4.69) is 71.5 Å². The second-order valence-electron chi connectivity index (χ2n) is 6.95. The maximum Gasteiger partial charge on any atom is 0.150 e. The van der Waals surface area contributed by atoms with Gasteiger partial charge in [0.15, 0.2) is 5.82 Å².